The molecule has 2 heterocycles. The summed E-state index contributed by atoms with van der Waals surface area (Å²) < 4.78 is 5.60. The van der Waals surface area contributed by atoms with Crippen LogP contribution in [0.4, 0.5) is 11.4 Å². The number of nitrogens with two attached hydrogens (primary N) is 1. The minimum atomic E-state index is 0.00778. The molecular formula is C17H20N2O2. The fraction of sp³-hybridized carbons (Fsp3) is 0.353. The number of carbonyl (C=O) groups excluding carboxylic acids is 1. The van der Waals surface area contributed by atoms with Gasteiger partial charge in [0.2, 0.25) is 0 Å². The number of nitrogens with zero attached hydrogens (tertiary/aromatic N) is 1. The van der Waals surface area contributed by atoms with E-state index < -0.39 is 0 Å². The molecular weight excluding hydrogens is 264 g/mol. The van der Waals surface area contributed by atoms with Gasteiger partial charge in [0.25, 0.3) is 5.91 Å². The van der Waals surface area contributed by atoms with Crippen LogP contribution >= 0.6 is 0 Å². The lowest BCUT2D eigenvalue weighted by Crippen LogP contribution is -2.36. The lowest BCUT2D eigenvalue weighted by atomic mass is 9.99. The third-order valence-electron chi connectivity index (χ3n) is 4.25. The van der Waals surface area contributed by atoms with Crippen LogP contribution in [0, 0.1) is 20.8 Å². The first-order chi connectivity index (χ1) is 9.99. The Morgan fingerprint density at radius 2 is 2.00 bits per heavy atom. The molecule has 0 saturated heterocycles. The molecule has 0 radical (unpaired) electrons. The summed E-state index contributed by atoms with van der Waals surface area (Å²) in [6.07, 6.45) is 1.96. The first kappa shape index (κ1) is 13.7. The maximum absolute atomic E-state index is 13.0. The molecule has 0 bridgehead atoms. The molecule has 1 aliphatic rings. The standard InChI is InChI=1S/C17H20N2O2/c1-10-11(2)21-12(3)16(10)17(20)19-8-4-5-13-6-7-14(18)9-15(13)19/h6-7,9H,4-5,8,18H2,1-3H3. The van der Waals surface area contributed by atoms with Gasteiger partial charge in [-0.05, 0) is 51.3 Å². The van der Waals surface area contributed by atoms with E-state index in [0.717, 1.165) is 36.4 Å². The summed E-state index contributed by atoms with van der Waals surface area (Å²) >= 11 is 0. The average molecular weight is 284 g/mol. The Kier molecular flexibility index (Phi) is 3.24. The lowest BCUT2D eigenvalue weighted by Gasteiger charge is -2.30. The van der Waals surface area contributed by atoms with Crippen LogP contribution in [0.15, 0.2) is 22.6 Å². The van der Waals surface area contributed by atoms with Gasteiger partial charge in [0.05, 0.1) is 5.56 Å². The van der Waals surface area contributed by atoms with E-state index in [4.69, 9.17) is 10.2 Å². The van der Waals surface area contributed by atoms with Crippen molar-refractivity contribution >= 4 is 17.3 Å². The van der Waals surface area contributed by atoms with Crippen molar-refractivity contribution < 1.29 is 9.21 Å². The molecule has 1 amide bonds. The SMILES string of the molecule is Cc1oc(C)c(C(=O)N2CCCc3ccc(N)cc32)c1C. The number of amides is 1. The van der Waals surface area contributed by atoms with Crippen LogP contribution in [-0.2, 0) is 6.42 Å². The van der Waals surface area contributed by atoms with Gasteiger partial charge in [-0.2, -0.15) is 0 Å². The minimum absolute atomic E-state index is 0.00778. The fourth-order valence-corrected chi connectivity index (χ4v) is 3.05. The van der Waals surface area contributed by atoms with Crippen LogP contribution in [0.1, 0.15) is 39.4 Å². The number of fused-ring (bicyclic) bond motifs is 1. The monoisotopic (exact) mass is 284 g/mol. The lowest BCUT2D eigenvalue weighted by molar-refractivity contribution is 0.0983. The van der Waals surface area contributed by atoms with Gasteiger partial charge in [-0.3, -0.25) is 4.79 Å². The second-order valence-electron chi connectivity index (χ2n) is 5.66. The second-order valence-corrected chi connectivity index (χ2v) is 5.66. The molecule has 1 aromatic heterocycles. The van der Waals surface area contributed by atoms with Gasteiger partial charge in [0.15, 0.2) is 0 Å². The Morgan fingerprint density at radius 3 is 2.67 bits per heavy atom. The molecule has 0 fully saturated rings. The highest BCUT2D eigenvalue weighted by molar-refractivity contribution is 6.08. The Balaban J connectivity index is 2.06. The number of aryl methyl sites for hydroxylation is 3. The van der Waals surface area contributed by atoms with Crippen LogP contribution in [0.2, 0.25) is 0 Å². The van der Waals surface area contributed by atoms with Crippen LogP contribution in [0.3, 0.4) is 0 Å². The first-order valence-corrected chi connectivity index (χ1v) is 7.26. The van der Waals surface area contributed by atoms with Crippen molar-refractivity contribution in [3.63, 3.8) is 0 Å². The van der Waals surface area contributed by atoms with Crippen molar-refractivity contribution in [1.29, 1.82) is 0 Å². The zero-order chi connectivity index (χ0) is 15.1. The number of carbonyl (C=O) groups is 1. The average Bonchev–Trinajstić information content (AvgIpc) is 2.71. The number of rotatable bonds is 1. The van der Waals surface area contributed by atoms with Gasteiger partial charge < -0.3 is 15.1 Å². The molecule has 0 aliphatic carbocycles. The number of anilines is 2. The molecule has 0 saturated carbocycles. The van der Waals surface area contributed by atoms with Gasteiger partial charge in [-0.1, -0.05) is 6.07 Å². The van der Waals surface area contributed by atoms with Crippen molar-refractivity contribution in [2.75, 3.05) is 17.2 Å². The molecule has 110 valence electrons. The number of hydrogen-bond acceptors (Lipinski definition) is 3. The Hall–Kier alpha value is -2.23. The van der Waals surface area contributed by atoms with Crippen LogP contribution in [0.5, 0.6) is 0 Å². The number of hydrogen-bond donors (Lipinski definition) is 1. The van der Waals surface area contributed by atoms with E-state index in [9.17, 15) is 4.79 Å². The summed E-state index contributed by atoms with van der Waals surface area (Å²) in [6.45, 7) is 6.39. The molecule has 2 aromatic rings. The molecule has 3 rings (SSSR count). The summed E-state index contributed by atoms with van der Waals surface area (Å²) in [6, 6.07) is 5.81. The fourth-order valence-electron chi connectivity index (χ4n) is 3.05. The van der Waals surface area contributed by atoms with Crippen molar-refractivity contribution in [2.45, 2.75) is 33.6 Å². The molecule has 1 aromatic carbocycles. The maximum Gasteiger partial charge on any atom is 0.262 e. The van der Waals surface area contributed by atoms with Crippen molar-refractivity contribution in [1.82, 2.24) is 0 Å². The van der Waals surface area contributed by atoms with Crippen LogP contribution < -0.4 is 10.6 Å². The largest absolute Gasteiger partial charge is 0.466 e. The Bertz CT molecular complexity index is 716. The summed E-state index contributed by atoms with van der Waals surface area (Å²) in [4.78, 5) is 14.8. The molecule has 4 heteroatoms. The zero-order valence-corrected chi connectivity index (χ0v) is 12.7. The topological polar surface area (TPSA) is 59.5 Å². The second kappa shape index (κ2) is 4.95. The Labute approximate surface area is 124 Å². The summed E-state index contributed by atoms with van der Waals surface area (Å²) in [7, 11) is 0. The summed E-state index contributed by atoms with van der Waals surface area (Å²) in [5, 5.41) is 0. The van der Waals surface area contributed by atoms with E-state index in [1.807, 2.05) is 43.9 Å². The molecule has 0 spiro atoms. The predicted octanol–water partition coefficient (Wildman–Crippen LogP) is 3.38. The number of furan rings is 1. The maximum atomic E-state index is 13.0. The van der Waals surface area contributed by atoms with Crippen molar-refractivity contribution in [3.8, 4) is 0 Å². The third kappa shape index (κ3) is 2.20. The van der Waals surface area contributed by atoms with Crippen LogP contribution in [0.25, 0.3) is 0 Å². The van der Waals surface area contributed by atoms with E-state index >= 15 is 0 Å². The van der Waals surface area contributed by atoms with Gasteiger partial charge in [-0.25, -0.2) is 0 Å². The highest BCUT2D eigenvalue weighted by atomic mass is 16.3. The van der Waals surface area contributed by atoms with E-state index in [-0.39, 0.29) is 5.91 Å². The normalized spacial score (nSPS) is 14.1. The van der Waals surface area contributed by atoms with Gasteiger partial charge in [0, 0.05) is 23.5 Å². The molecule has 1 aliphatic heterocycles. The predicted molar refractivity (Wildman–Crippen MR) is 83.8 cm³/mol. The summed E-state index contributed by atoms with van der Waals surface area (Å²) in [5.41, 5.74) is 10.3. The molecule has 4 nitrogen and oxygen atoms in total. The first-order valence-electron chi connectivity index (χ1n) is 7.26. The zero-order valence-electron chi connectivity index (χ0n) is 12.7. The van der Waals surface area contributed by atoms with E-state index in [0.29, 0.717) is 17.0 Å². The minimum Gasteiger partial charge on any atom is -0.466 e. The van der Waals surface area contributed by atoms with Gasteiger partial charge >= 0.3 is 0 Å². The molecule has 21 heavy (non-hydrogen) atoms. The Morgan fingerprint density at radius 1 is 1.24 bits per heavy atom. The third-order valence-corrected chi connectivity index (χ3v) is 4.25. The van der Waals surface area contributed by atoms with Crippen molar-refractivity contribution in [3.05, 3.63) is 46.4 Å². The van der Waals surface area contributed by atoms with Gasteiger partial charge in [0.1, 0.15) is 11.5 Å². The van der Waals surface area contributed by atoms with Gasteiger partial charge in [-0.15, -0.1) is 0 Å². The highest BCUT2D eigenvalue weighted by Gasteiger charge is 2.28. The highest BCUT2D eigenvalue weighted by Crippen LogP contribution is 2.32. The van der Waals surface area contributed by atoms with E-state index in [1.165, 1.54) is 5.56 Å². The molecule has 0 unspecified atom stereocenters. The smallest absolute Gasteiger partial charge is 0.262 e. The molecule has 0 atom stereocenters. The molecule has 2 N–H and O–H groups in total. The quantitative estimate of drug-likeness (QED) is 0.817. The van der Waals surface area contributed by atoms with Crippen molar-refractivity contribution in [2.24, 2.45) is 0 Å². The van der Waals surface area contributed by atoms with Crippen LogP contribution in [-0.4, -0.2) is 12.5 Å². The van der Waals surface area contributed by atoms with E-state index in [2.05, 4.69) is 0 Å². The number of benzene rings is 1. The number of nitrogen functional groups attached to an aromatic ring is 1. The summed E-state index contributed by atoms with van der Waals surface area (Å²) in [5.74, 6) is 1.50. The van der Waals surface area contributed by atoms with E-state index in [1.54, 1.807) is 0 Å².